The second-order valence-corrected chi connectivity index (χ2v) is 5.34. The molecule has 0 saturated carbocycles. The average molecular weight is 272 g/mol. The van der Waals surface area contributed by atoms with Crippen molar-refractivity contribution in [3.8, 4) is 0 Å². The van der Waals surface area contributed by atoms with E-state index in [1.165, 1.54) is 4.90 Å². The van der Waals surface area contributed by atoms with Gasteiger partial charge in [-0.05, 0) is 42.3 Å². The summed E-state index contributed by atoms with van der Waals surface area (Å²) in [6.07, 6.45) is 0. The quantitative estimate of drug-likeness (QED) is 0.664. The summed E-state index contributed by atoms with van der Waals surface area (Å²) in [6.45, 7) is 2.02. The molecule has 98 valence electrons. The maximum absolute atomic E-state index is 11.0. The van der Waals surface area contributed by atoms with Crippen molar-refractivity contribution in [3.05, 3.63) is 59.2 Å². The third-order valence-corrected chi connectivity index (χ3v) is 4.19. The fourth-order valence-electron chi connectivity index (χ4n) is 1.71. The molecule has 19 heavy (non-hydrogen) atoms. The molecule has 0 aliphatic carbocycles. The lowest BCUT2D eigenvalue weighted by Crippen LogP contribution is -2.10. The van der Waals surface area contributed by atoms with Crippen molar-refractivity contribution in [3.63, 3.8) is 0 Å². The van der Waals surface area contributed by atoms with Crippen molar-refractivity contribution in [1.29, 1.82) is 0 Å². The van der Waals surface area contributed by atoms with E-state index >= 15 is 0 Å². The summed E-state index contributed by atoms with van der Waals surface area (Å²) in [5.41, 5.74) is 14.7. The van der Waals surface area contributed by atoms with Crippen molar-refractivity contribution < 1.29 is 4.79 Å². The van der Waals surface area contributed by atoms with Crippen molar-refractivity contribution in [1.82, 2.24) is 0 Å². The van der Waals surface area contributed by atoms with Gasteiger partial charge in [-0.1, -0.05) is 18.2 Å². The van der Waals surface area contributed by atoms with Crippen LogP contribution < -0.4 is 11.5 Å². The first-order valence-corrected chi connectivity index (χ1v) is 6.93. The van der Waals surface area contributed by atoms with Crippen molar-refractivity contribution in [2.45, 2.75) is 17.6 Å². The lowest BCUT2D eigenvalue weighted by Gasteiger charge is -2.08. The zero-order valence-electron chi connectivity index (χ0n) is 10.7. The van der Waals surface area contributed by atoms with Crippen LogP contribution in [0.3, 0.4) is 0 Å². The number of hydrogen-bond donors (Lipinski definition) is 2. The second-order valence-electron chi connectivity index (χ2n) is 4.32. The number of benzene rings is 2. The lowest BCUT2D eigenvalue weighted by molar-refractivity contribution is 0.100. The summed E-state index contributed by atoms with van der Waals surface area (Å²) >= 11 is 1.73. The molecule has 0 bridgehead atoms. The van der Waals surface area contributed by atoms with Crippen LogP contribution in [0.25, 0.3) is 0 Å². The maximum atomic E-state index is 11.0. The normalized spacial score (nSPS) is 10.4. The van der Waals surface area contributed by atoms with Gasteiger partial charge in [-0.3, -0.25) is 4.79 Å². The lowest BCUT2D eigenvalue weighted by atomic mass is 10.1. The Morgan fingerprint density at radius 2 is 1.84 bits per heavy atom. The van der Waals surface area contributed by atoms with E-state index in [9.17, 15) is 4.79 Å². The third kappa shape index (κ3) is 3.29. The highest BCUT2D eigenvalue weighted by Gasteiger charge is 2.04. The number of primary amides is 1. The van der Waals surface area contributed by atoms with Crippen molar-refractivity contribution in [2.24, 2.45) is 5.73 Å². The zero-order valence-corrected chi connectivity index (χ0v) is 11.5. The van der Waals surface area contributed by atoms with Gasteiger partial charge in [-0.2, -0.15) is 0 Å². The topological polar surface area (TPSA) is 69.1 Å². The Morgan fingerprint density at radius 1 is 1.16 bits per heavy atom. The van der Waals surface area contributed by atoms with Gasteiger partial charge in [-0.25, -0.2) is 0 Å². The molecular weight excluding hydrogens is 256 g/mol. The number of nitrogen functional groups attached to an aromatic ring is 1. The van der Waals surface area contributed by atoms with Gasteiger partial charge in [0, 0.05) is 21.9 Å². The fraction of sp³-hybridized carbons (Fsp3) is 0.133. The summed E-state index contributed by atoms with van der Waals surface area (Å²) in [5.74, 6) is 0.439. The summed E-state index contributed by atoms with van der Waals surface area (Å²) < 4.78 is 0. The van der Waals surface area contributed by atoms with E-state index < -0.39 is 5.91 Å². The molecule has 0 radical (unpaired) electrons. The van der Waals surface area contributed by atoms with Crippen LogP contribution in [0, 0.1) is 6.92 Å². The minimum Gasteiger partial charge on any atom is -0.398 e. The number of carbonyl (C=O) groups excluding carboxylic acids is 1. The highest BCUT2D eigenvalue weighted by atomic mass is 32.2. The SMILES string of the molecule is Cc1c(N)cccc1SCc1ccc(C(N)=O)cc1. The van der Waals surface area contributed by atoms with E-state index in [2.05, 4.69) is 6.07 Å². The van der Waals surface area contributed by atoms with E-state index in [0.717, 1.165) is 22.6 Å². The summed E-state index contributed by atoms with van der Waals surface area (Å²) in [6, 6.07) is 13.3. The van der Waals surface area contributed by atoms with Gasteiger partial charge in [0.2, 0.25) is 5.91 Å². The minimum atomic E-state index is -0.397. The number of nitrogens with two attached hydrogens (primary N) is 2. The van der Waals surface area contributed by atoms with E-state index in [4.69, 9.17) is 11.5 Å². The Balaban J connectivity index is 2.06. The molecule has 3 nitrogen and oxygen atoms in total. The molecule has 0 atom stereocenters. The number of carbonyl (C=O) groups is 1. The van der Waals surface area contributed by atoms with E-state index in [1.807, 2.05) is 31.2 Å². The van der Waals surface area contributed by atoms with Gasteiger partial charge >= 0.3 is 0 Å². The first-order chi connectivity index (χ1) is 9.08. The van der Waals surface area contributed by atoms with Gasteiger partial charge in [0.15, 0.2) is 0 Å². The van der Waals surface area contributed by atoms with Gasteiger partial charge in [-0.15, -0.1) is 11.8 Å². The van der Waals surface area contributed by atoms with E-state index in [0.29, 0.717) is 5.56 Å². The van der Waals surface area contributed by atoms with Crippen LogP contribution in [-0.2, 0) is 5.75 Å². The Hall–Kier alpha value is -1.94. The number of amides is 1. The van der Waals surface area contributed by atoms with Gasteiger partial charge in [0.25, 0.3) is 0 Å². The maximum Gasteiger partial charge on any atom is 0.248 e. The number of anilines is 1. The molecular formula is C15H16N2OS. The zero-order chi connectivity index (χ0) is 13.8. The summed E-state index contributed by atoms with van der Waals surface area (Å²) in [5, 5.41) is 0. The Kier molecular flexibility index (Phi) is 4.12. The molecule has 2 rings (SSSR count). The third-order valence-electron chi connectivity index (χ3n) is 2.96. The predicted molar refractivity (Wildman–Crippen MR) is 80.1 cm³/mol. The molecule has 2 aromatic carbocycles. The molecule has 0 saturated heterocycles. The largest absolute Gasteiger partial charge is 0.398 e. The molecule has 0 aliphatic heterocycles. The molecule has 4 heteroatoms. The molecule has 0 spiro atoms. The fourth-order valence-corrected chi connectivity index (χ4v) is 2.74. The van der Waals surface area contributed by atoms with Gasteiger partial charge in [0.1, 0.15) is 0 Å². The molecule has 4 N–H and O–H groups in total. The average Bonchev–Trinajstić information content (AvgIpc) is 2.41. The molecule has 1 amide bonds. The van der Waals surface area contributed by atoms with Gasteiger partial charge in [0.05, 0.1) is 0 Å². The first-order valence-electron chi connectivity index (χ1n) is 5.94. The monoisotopic (exact) mass is 272 g/mol. The summed E-state index contributed by atoms with van der Waals surface area (Å²) in [4.78, 5) is 12.2. The predicted octanol–water partition coefficient (Wildman–Crippen LogP) is 2.97. The molecule has 0 unspecified atom stereocenters. The minimum absolute atomic E-state index is 0.397. The standard InChI is InChI=1S/C15H16N2OS/c1-10-13(16)3-2-4-14(10)19-9-11-5-7-12(8-6-11)15(17)18/h2-8H,9,16H2,1H3,(H2,17,18). The highest BCUT2D eigenvalue weighted by Crippen LogP contribution is 2.28. The summed E-state index contributed by atoms with van der Waals surface area (Å²) in [7, 11) is 0. The van der Waals surface area contributed by atoms with E-state index in [-0.39, 0.29) is 0 Å². The van der Waals surface area contributed by atoms with Crippen LogP contribution >= 0.6 is 11.8 Å². The van der Waals surface area contributed by atoms with Crippen LogP contribution in [0.1, 0.15) is 21.5 Å². The smallest absolute Gasteiger partial charge is 0.248 e. The van der Waals surface area contributed by atoms with Crippen LogP contribution in [-0.4, -0.2) is 5.91 Å². The van der Waals surface area contributed by atoms with E-state index in [1.54, 1.807) is 23.9 Å². The van der Waals surface area contributed by atoms with Crippen molar-refractivity contribution in [2.75, 3.05) is 5.73 Å². The highest BCUT2D eigenvalue weighted by molar-refractivity contribution is 7.98. The first kappa shape index (κ1) is 13.5. The van der Waals surface area contributed by atoms with Crippen LogP contribution in [0.4, 0.5) is 5.69 Å². The molecule has 0 fully saturated rings. The van der Waals surface area contributed by atoms with Crippen molar-refractivity contribution >= 4 is 23.4 Å². The number of thioether (sulfide) groups is 1. The molecule has 0 aliphatic rings. The number of hydrogen-bond acceptors (Lipinski definition) is 3. The van der Waals surface area contributed by atoms with Crippen LogP contribution in [0.15, 0.2) is 47.4 Å². The van der Waals surface area contributed by atoms with Crippen LogP contribution in [0.5, 0.6) is 0 Å². The molecule has 0 heterocycles. The number of rotatable bonds is 4. The molecule has 0 aromatic heterocycles. The Bertz CT molecular complexity index is 594. The second kappa shape index (κ2) is 5.80. The van der Waals surface area contributed by atoms with Crippen LogP contribution in [0.2, 0.25) is 0 Å². The Labute approximate surface area is 117 Å². The Morgan fingerprint density at radius 3 is 2.47 bits per heavy atom. The van der Waals surface area contributed by atoms with Gasteiger partial charge < -0.3 is 11.5 Å². The molecule has 2 aromatic rings.